The molecule has 27 heavy (non-hydrogen) atoms. The van der Waals surface area contributed by atoms with Crippen molar-refractivity contribution in [2.24, 2.45) is 0 Å². The van der Waals surface area contributed by atoms with Crippen LogP contribution in [0.1, 0.15) is 17.3 Å². The number of anilines is 2. The van der Waals surface area contributed by atoms with Gasteiger partial charge in [0.2, 0.25) is 5.75 Å². The molecule has 0 radical (unpaired) electrons. The highest BCUT2D eigenvalue weighted by atomic mass is 16.5. The number of nitrogens with one attached hydrogen (secondary N) is 2. The van der Waals surface area contributed by atoms with E-state index in [2.05, 4.69) is 10.6 Å². The summed E-state index contributed by atoms with van der Waals surface area (Å²) in [5, 5.41) is 5.35. The van der Waals surface area contributed by atoms with Crippen LogP contribution in [0.4, 0.5) is 16.2 Å². The fourth-order valence-electron chi connectivity index (χ4n) is 2.34. The molecule has 2 amide bonds. The average molecular weight is 374 g/mol. The van der Waals surface area contributed by atoms with Gasteiger partial charge in [0.05, 0.1) is 27.9 Å². The zero-order valence-electron chi connectivity index (χ0n) is 15.6. The lowest BCUT2D eigenvalue weighted by Gasteiger charge is -2.14. The summed E-state index contributed by atoms with van der Waals surface area (Å²) in [6.45, 7) is 2.01. The molecule has 0 spiro atoms. The van der Waals surface area contributed by atoms with Crippen molar-refractivity contribution < 1.29 is 28.5 Å². The van der Waals surface area contributed by atoms with Crippen LogP contribution < -0.4 is 24.8 Å². The van der Waals surface area contributed by atoms with Crippen molar-refractivity contribution in [3.63, 3.8) is 0 Å². The first-order valence-corrected chi connectivity index (χ1v) is 8.17. The van der Waals surface area contributed by atoms with Gasteiger partial charge in [0, 0.05) is 16.9 Å². The van der Waals surface area contributed by atoms with Gasteiger partial charge in [0.1, 0.15) is 0 Å². The second-order valence-electron chi connectivity index (χ2n) is 5.29. The molecule has 2 N–H and O–H groups in total. The lowest BCUT2D eigenvalue weighted by molar-refractivity contribution is 0.102. The van der Waals surface area contributed by atoms with Gasteiger partial charge in [-0.1, -0.05) is 0 Å². The van der Waals surface area contributed by atoms with Crippen LogP contribution in [-0.2, 0) is 4.74 Å². The largest absolute Gasteiger partial charge is 0.493 e. The fraction of sp³-hybridized carbons (Fsp3) is 0.263. The van der Waals surface area contributed by atoms with Crippen molar-refractivity contribution in [2.75, 3.05) is 38.6 Å². The topological polar surface area (TPSA) is 95.1 Å². The van der Waals surface area contributed by atoms with Crippen LogP contribution in [0.5, 0.6) is 17.2 Å². The van der Waals surface area contributed by atoms with E-state index in [1.807, 2.05) is 0 Å². The Morgan fingerprint density at radius 1 is 0.852 bits per heavy atom. The maximum Gasteiger partial charge on any atom is 0.411 e. The van der Waals surface area contributed by atoms with Crippen molar-refractivity contribution in [3.8, 4) is 17.2 Å². The minimum absolute atomic E-state index is 0.286. The Kier molecular flexibility index (Phi) is 6.87. The third kappa shape index (κ3) is 5.04. The van der Waals surface area contributed by atoms with Crippen LogP contribution in [-0.4, -0.2) is 39.9 Å². The molecule has 0 fully saturated rings. The molecule has 2 aromatic carbocycles. The van der Waals surface area contributed by atoms with Crippen LogP contribution in [0.2, 0.25) is 0 Å². The molecule has 144 valence electrons. The molecule has 2 rings (SSSR count). The van der Waals surface area contributed by atoms with E-state index in [9.17, 15) is 9.59 Å². The molecule has 0 heterocycles. The Balaban J connectivity index is 2.14. The summed E-state index contributed by atoms with van der Waals surface area (Å²) < 4.78 is 20.6. The molecule has 0 aromatic heterocycles. The number of amides is 2. The zero-order chi connectivity index (χ0) is 19.8. The van der Waals surface area contributed by atoms with Crippen LogP contribution in [0.3, 0.4) is 0 Å². The molecule has 2 aromatic rings. The van der Waals surface area contributed by atoms with E-state index in [0.29, 0.717) is 34.2 Å². The van der Waals surface area contributed by atoms with Crippen molar-refractivity contribution in [2.45, 2.75) is 6.92 Å². The Hall–Kier alpha value is -3.42. The summed E-state index contributed by atoms with van der Waals surface area (Å²) in [7, 11) is 4.45. The summed E-state index contributed by atoms with van der Waals surface area (Å²) in [6, 6.07) is 9.76. The Bertz CT molecular complexity index is 779. The minimum atomic E-state index is -0.535. The highest BCUT2D eigenvalue weighted by molar-refractivity contribution is 6.05. The lowest BCUT2D eigenvalue weighted by Crippen LogP contribution is -2.14. The van der Waals surface area contributed by atoms with E-state index in [4.69, 9.17) is 18.9 Å². The monoisotopic (exact) mass is 374 g/mol. The molecule has 8 heteroatoms. The van der Waals surface area contributed by atoms with Gasteiger partial charge in [0.25, 0.3) is 5.91 Å². The normalized spacial score (nSPS) is 9.93. The molecule has 0 aliphatic carbocycles. The third-order valence-electron chi connectivity index (χ3n) is 3.59. The third-order valence-corrected chi connectivity index (χ3v) is 3.59. The van der Waals surface area contributed by atoms with Crippen molar-refractivity contribution in [1.82, 2.24) is 0 Å². The summed E-state index contributed by atoms with van der Waals surface area (Å²) in [6.07, 6.45) is -0.535. The van der Waals surface area contributed by atoms with Gasteiger partial charge >= 0.3 is 6.09 Å². The van der Waals surface area contributed by atoms with Crippen LogP contribution in [0.25, 0.3) is 0 Å². The molecule has 0 bridgehead atoms. The van der Waals surface area contributed by atoms with Gasteiger partial charge < -0.3 is 24.3 Å². The van der Waals surface area contributed by atoms with Crippen molar-refractivity contribution >= 4 is 23.4 Å². The number of carbonyl (C=O) groups is 2. The lowest BCUT2D eigenvalue weighted by atomic mass is 10.1. The first kappa shape index (κ1) is 19.9. The summed E-state index contributed by atoms with van der Waals surface area (Å²) in [5.74, 6) is 0.832. The molecule has 0 aliphatic rings. The highest BCUT2D eigenvalue weighted by Crippen LogP contribution is 2.38. The number of methoxy groups -OCH3 is 3. The number of rotatable bonds is 7. The highest BCUT2D eigenvalue weighted by Gasteiger charge is 2.17. The molecule has 0 saturated carbocycles. The zero-order valence-corrected chi connectivity index (χ0v) is 15.6. The molecule has 8 nitrogen and oxygen atoms in total. The van der Waals surface area contributed by atoms with E-state index in [1.54, 1.807) is 43.3 Å². The molecule has 0 saturated heterocycles. The second kappa shape index (κ2) is 9.33. The fourth-order valence-corrected chi connectivity index (χ4v) is 2.34. The minimum Gasteiger partial charge on any atom is -0.493 e. The summed E-state index contributed by atoms with van der Waals surface area (Å²) >= 11 is 0. The predicted octanol–water partition coefficient (Wildman–Crippen LogP) is 3.53. The van der Waals surface area contributed by atoms with E-state index in [0.717, 1.165) is 0 Å². The SMILES string of the molecule is CCOC(=O)Nc1ccc(NC(=O)c2cc(OC)c(OC)c(OC)c2)cc1. The van der Waals surface area contributed by atoms with Crippen LogP contribution in [0.15, 0.2) is 36.4 Å². The quantitative estimate of drug-likeness (QED) is 0.770. The van der Waals surface area contributed by atoms with Crippen molar-refractivity contribution in [1.29, 1.82) is 0 Å². The molecular weight excluding hydrogens is 352 g/mol. The molecule has 0 atom stereocenters. The maximum absolute atomic E-state index is 12.5. The van der Waals surface area contributed by atoms with Crippen LogP contribution in [0, 0.1) is 0 Å². The molecule has 0 aliphatic heterocycles. The van der Waals surface area contributed by atoms with Gasteiger partial charge in [0.15, 0.2) is 11.5 Å². The standard InChI is InChI=1S/C19H22N2O6/c1-5-27-19(23)21-14-8-6-13(7-9-14)20-18(22)12-10-15(24-2)17(26-4)16(11-12)25-3/h6-11H,5H2,1-4H3,(H,20,22)(H,21,23). The van der Waals surface area contributed by atoms with Gasteiger partial charge in [-0.3, -0.25) is 10.1 Å². The van der Waals surface area contributed by atoms with E-state index < -0.39 is 6.09 Å². The van der Waals surface area contributed by atoms with E-state index in [-0.39, 0.29) is 12.5 Å². The van der Waals surface area contributed by atoms with E-state index in [1.165, 1.54) is 21.3 Å². The number of hydrogen-bond donors (Lipinski definition) is 2. The summed E-state index contributed by atoms with van der Waals surface area (Å²) in [5.41, 5.74) is 1.46. The smallest absolute Gasteiger partial charge is 0.411 e. The first-order valence-electron chi connectivity index (χ1n) is 8.17. The second-order valence-corrected chi connectivity index (χ2v) is 5.29. The van der Waals surface area contributed by atoms with Gasteiger partial charge in [-0.25, -0.2) is 4.79 Å². The van der Waals surface area contributed by atoms with Crippen LogP contribution >= 0.6 is 0 Å². The molecule has 0 unspecified atom stereocenters. The van der Waals surface area contributed by atoms with Crippen molar-refractivity contribution in [3.05, 3.63) is 42.0 Å². The number of hydrogen-bond acceptors (Lipinski definition) is 6. The number of benzene rings is 2. The number of ether oxygens (including phenoxy) is 4. The first-order chi connectivity index (χ1) is 13.0. The van der Waals surface area contributed by atoms with E-state index >= 15 is 0 Å². The Labute approximate surface area is 157 Å². The maximum atomic E-state index is 12.5. The molecular formula is C19H22N2O6. The summed E-state index contributed by atoms with van der Waals surface area (Å²) in [4.78, 5) is 23.9. The Morgan fingerprint density at radius 2 is 1.37 bits per heavy atom. The predicted molar refractivity (Wildman–Crippen MR) is 101 cm³/mol. The average Bonchev–Trinajstić information content (AvgIpc) is 2.68. The van der Waals surface area contributed by atoms with Gasteiger partial charge in [-0.05, 0) is 43.3 Å². The van der Waals surface area contributed by atoms with Gasteiger partial charge in [-0.2, -0.15) is 0 Å². The Morgan fingerprint density at radius 3 is 1.81 bits per heavy atom. The van der Waals surface area contributed by atoms with Gasteiger partial charge in [-0.15, -0.1) is 0 Å². The number of carbonyl (C=O) groups excluding carboxylic acids is 2.